The van der Waals surface area contributed by atoms with Gasteiger partial charge in [0.1, 0.15) is 6.61 Å². The number of rotatable bonds is 7. The minimum atomic E-state index is -0.373. The Morgan fingerprint density at radius 3 is 2.47 bits per heavy atom. The number of carbonyl (C=O) groups is 2. The minimum Gasteiger partial charge on any atom is -0.493 e. The fraction of sp³-hybridized carbons (Fsp3) is 0.143. The molecule has 0 aliphatic carbocycles. The van der Waals surface area contributed by atoms with E-state index in [1.807, 2.05) is 36.6 Å². The number of fused-ring (bicyclic) bond motifs is 1. The van der Waals surface area contributed by atoms with Gasteiger partial charge < -0.3 is 9.47 Å². The molecule has 0 atom stereocenters. The monoisotopic (exact) mass is 497 g/mol. The zero-order valence-electron chi connectivity index (χ0n) is 19.8. The van der Waals surface area contributed by atoms with Crippen LogP contribution in [0.15, 0.2) is 72.2 Å². The second kappa shape index (κ2) is 10.1. The Kier molecular flexibility index (Phi) is 6.60. The van der Waals surface area contributed by atoms with E-state index in [2.05, 4.69) is 9.97 Å². The molecule has 5 rings (SSSR count). The van der Waals surface area contributed by atoms with E-state index in [-0.39, 0.29) is 18.4 Å². The van der Waals surface area contributed by atoms with Crippen molar-refractivity contribution in [1.82, 2.24) is 14.9 Å². The van der Waals surface area contributed by atoms with Crippen LogP contribution in [0, 0.1) is 6.92 Å². The van der Waals surface area contributed by atoms with Crippen molar-refractivity contribution in [3.8, 4) is 11.5 Å². The first-order valence-corrected chi connectivity index (χ1v) is 12.2. The molecule has 2 amide bonds. The maximum absolute atomic E-state index is 13.5. The summed E-state index contributed by atoms with van der Waals surface area (Å²) < 4.78 is 11.5. The molecule has 180 valence electrons. The highest BCUT2D eigenvalue weighted by Crippen LogP contribution is 2.34. The molecule has 2 aromatic heterocycles. The van der Waals surface area contributed by atoms with Crippen molar-refractivity contribution in [3.05, 3.63) is 105 Å². The van der Waals surface area contributed by atoms with E-state index < -0.39 is 0 Å². The molecule has 4 aromatic rings. The molecular formula is C28H23N3O4S. The number of carbonyl (C=O) groups excluding carboxylic acids is 2. The van der Waals surface area contributed by atoms with E-state index >= 15 is 0 Å². The lowest BCUT2D eigenvalue weighted by Crippen LogP contribution is -2.41. The number of methoxy groups -OCH3 is 1. The number of aryl methyl sites for hydroxylation is 1. The zero-order chi connectivity index (χ0) is 25.1. The van der Waals surface area contributed by atoms with Crippen LogP contribution in [0.3, 0.4) is 0 Å². The summed E-state index contributed by atoms with van der Waals surface area (Å²) in [5.74, 6) is 0.404. The number of hydrogen-bond acceptors (Lipinski definition) is 7. The highest BCUT2D eigenvalue weighted by molar-refractivity contribution is 7.09. The maximum atomic E-state index is 13.5. The number of aromatic nitrogens is 2. The van der Waals surface area contributed by atoms with Crippen molar-refractivity contribution in [2.24, 2.45) is 0 Å². The number of amides is 2. The van der Waals surface area contributed by atoms with Gasteiger partial charge in [0, 0.05) is 22.7 Å². The van der Waals surface area contributed by atoms with Crippen LogP contribution < -0.4 is 9.47 Å². The number of imide groups is 1. The second-order valence-electron chi connectivity index (χ2n) is 8.18. The molecule has 0 N–H and O–H groups in total. The number of hydrogen-bond donors (Lipinski definition) is 0. The van der Waals surface area contributed by atoms with Gasteiger partial charge in [0.15, 0.2) is 11.5 Å². The Hall–Kier alpha value is -4.30. The molecule has 0 fully saturated rings. The molecular weight excluding hydrogens is 474 g/mol. The Balaban J connectivity index is 1.47. The first-order chi connectivity index (χ1) is 17.5. The molecule has 7 nitrogen and oxygen atoms in total. The van der Waals surface area contributed by atoms with Crippen LogP contribution in [-0.2, 0) is 17.9 Å². The molecule has 36 heavy (non-hydrogen) atoms. The number of benzene rings is 2. The molecule has 0 unspecified atom stereocenters. The summed E-state index contributed by atoms with van der Waals surface area (Å²) >= 11 is 1.57. The summed E-state index contributed by atoms with van der Waals surface area (Å²) in [7, 11) is 1.57. The van der Waals surface area contributed by atoms with Crippen LogP contribution in [0.2, 0.25) is 0 Å². The molecule has 2 aromatic carbocycles. The molecule has 0 bridgehead atoms. The van der Waals surface area contributed by atoms with Gasteiger partial charge in [0.25, 0.3) is 11.8 Å². The van der Waals surface area contributed by atoms with Crippen LogP contribution in [0.25, 0.3) is 11.6 Å². The highest BCUT2D eigenvalue weighted by atomic mass is 32.1. The molecule has 8 heteroatoms. The summed E-state index contributed by atoms with van der Waals surface area (Å²) in [5.41, 5.74) is 3.74. The highest BCUT2D eigenvalue weighted by Gasteiger charge is 2.34. The van der Waals surface area contributed by atoms with Crippen molar-refractivity contribution in [3.63, 3.8) is 0 Å². The van der Waals surface area contributed by atoms with Crippen LogP contribution >= 0.6 is 11.3 Å². The Morgan fingerprint density at radius 1 is 0.944 bits per heavy atom. The van der Waals surface area contributed by atoms with Gasteiger partial charge >= 0.3 is 0 Å². The Bertz CT molecular complexity index is 1460. The summed E-state index contributed by atoms with van der Waals surface area (Å²) in [5, 5.41) is 2.95. The van der Waals surface area contributed by atoms with E-state index in [1.54, 1.807) is 67.1 Å². The van der Waals surface area contributed by atoms with Crippen LogP contribution in [0.1, 0.15) is 37.9 Å². The second-order valence-corrected chi connectivity index (χ2v) is 9.24. The largest absolute Gasteiger partial charge is 0.493 e. The first-order valence-electron chi connectivity index (χ1n) is 11.3. The van der Waals surface area contributed by atoms with E-state index in [1.165, 1.54) is 4.90 Å². The molecule has 0 spiro atoms. The topological polar surface area (TPSA) is 81.6 Å². The van der Waals surface area contributed by atoms with E-state index in [0.717, 1.165) is 16.3 Å². The number of thiazole rings is 1. The standard InChI is InChI=1S/C28H23N3O4S/c1-18-30-21(17-36-18)16-35-25-11-10-19(14-26(25)34-2)13-24-22-8-3-4-9-23(22)27(32)31(28(24)33)15-20-7-5-6-12-29-20/h3-14,17H,15-16H2,1-2H3/b24-13-. The van der Waals surface area contributed by atoms with Crippen LogP contribution in [0.5, 0.6) is 11.5 Å². The van der Waals surface area contributed by atoms with Crippen molar-refractivity contribution in [2.75, 3.05) is 7.11 Å². The third-order valence-corrected chi connectivity index (χ3v) is 6.58. The quantitative estimate of drug-likeness (QED) is 0.259. The van der Waals surface area contributed by atoms with Gasteiger partial charge in [-0.2, -0.15) is 0 Å². The van der Waals surface area contributed by atoms with Gasteiger partial charge in [-0.15, -0.1) is 11.3 Å². The number of ether oxygens (including phenoxy) is 2. The van der Waals surface area contributed by atoms with Gasteiger partial charge in [-0.25, -0.2) is 4.98 Å². The van der Waals surface area contributed by atoms with E-state index in [4.69, 9.17) is 9.47 Å². The summed E-state index contributed by atoms with van der Waals surface area (Å²) in [4.78, 5) is 36.6. The lowest BCUT2D eigenvalue weighted by Gasteiger charge is -2.28. The van der Waals surface area contributed by atoms with Crippen molar-refractivity contribution >= 4 is 34.8 Å². The normalized spacial score (nSPS) is 14.2. The average molecular weight is 498 g/mol. The van der Waals surface area contributed by atoms with Gasteiger partial charge in [-0.1, -0.05) is 30.3 Å². The molecule has 1 aliphatic heterocycles. The van der Waals surface area contributed by atoms with Crippen LogP contribution in [-0.4, -0.2) is 33.8 Å². The predicted octanol–water partition coefficient (Wildman–Crippen LogP) is 5.16. The van der Waals surface area contributed by atoms with Gasteiger partial charge in [0.2, 0.25) is 0 Å². The SMILES string of the molecule is COc1cc(/C=C2\C(=O)N(Cc3ccccn3)C(=O)c3ccccc32)ccc1OCc1csc(C)n1. The molecule has 3 heterocycles. The minimum absolute atomic E-state index is 0.0936. The van der Waals surface area contributed by atoms with Crippen molar-refractivity contribution < 1.29 is 19.1 Å². The molecule has 1 aliphatic rings. The number of pyridine rings is 1. The maximum Gasteiger partial charge on any atom is 0.261 e. The molecule has 0 saturated heterocycles. The lowest BCUT2D eigenvalue weighted by atomic mass is 9.92. The smallest absolute Gasteiger partial charge is 0.261 e. The van der Waals surface area contributed by atoms with Crippen molar-refractivity contribution in [1.29, 1.82) is 0 Å². The lowest BCUT2D eigenvalue weighted by molar-refractivity contribution is -0.123. The third kappa shape index (κ3) is 4.76. The van der Waals surface area contributed by atoms with Crippen molar-refractivity contribution in [2.45, 2.75) is 20.1 Å². The summed E-state index contributed by atoms with van der Waals surface area (Å²) in [6.07, 6.45) is 3.42. The first kappa shape index (κ1) is 23.4. The Labute approximate surface area is 212 Å². The number of nitrogens with zero attached hydrogens (tertiary/aromatic N) is 3. The van der Waals surface area contributed by atoms with Crippen LogP contribution in [0.4, 0.5) is 0 Å². The molecule has 0 saturated carbocycles. The van der Waals surface area contributed by atoms with Gasteiger partial charge in [-0.3, -0.25) is 19.5 Å². The van der Waals surface area contributed by atoms with Gasteiger partial charge in [0.05, 0.1) is 30.1 Å². The zero-order valence-corrected chi connectivity index (χ0v) is 20.6. The van der Waals surface area contributed by atoms with Gasteiger partial charge in [-0.05, 0) is 54.5 Å². The summed E-state index contributed by atoms with van der Waals surface area (Å²) in [6, 6.07) is 18.0. The molecule has 0 radical (unpaired) electrons. The van der Waals surface area contributed by atoms with E-state index in [9.17, 15) is 9.59 Å². The fourth-order valence-corrected chi connectivity index (χ4v) is 4.62. The Morgan fingerprint density at radius 2 is 1.75 bits per heavy atom. The third-order valence-electron chi connectivity index (χ3n) is 5.76. The average Bonchev–Trinajstić information content (AvgIpc) is 3.33. The van der Waals surface area contributed by atoms with E-state index in [0.29, 0.717) is 40.5 Å². The predicted molar refractivity (Wildman–Crippen MR) is 138 cm³/mol. The summed E-state index contributed by atoms with van der Waals surface area (Å²) in [6.45, 7) is 2.38. The fourth-order valence-electron chi connectivity index (χ4n) is 4.03.